The number of furan rings is 1. The predicted octanol–water partition coefficient (Wildman–Crippen LogP) is 3.41. The van der Waals surface area contributed by atoms with Gasteiger partial charge in [-0.2, -0.15) is 0 Å². The number of anilines is 1. The lowest BCUT2D eigenvalue weighted by Crippen LogP contribution is -2.10. The molecule has 0 atom stereocenters. The zero-order chi connectivity index (χ0) is 15.4. The summed E-state index contributed by atoms with van der Waals surface area (Å²) in [6.45, 7) is 2.12. The van der Waals surface area contributed by atoms with E-state index in [2.05, 4.69) is 10.5 Å². The van der Waals surface area contributed by atoms with E-state index in [9.17, 15) is 4.79 Å². The van der Waals surface area contributed by atoms with Gasteiger partial charge in [0.15, 0.2) is 11.5 Å². The molecule has 1 N–H and O–H groups in total. The van der Waals surface area contributed by atoms with Gasteiger partial charge in [-0.3, -0.25) is 4.79 Å². The first kappa shape index (κ1) is 13.9. The number of carbonyl (C=O) groups is 1. The fraction of sp³-hybridized carbons (Fsp3) is 0.125. The lowest BCUT2D eigenvalue weighted by molar-refractivity contribution is 0.0996. The molecule has 0 bridgehead atoms. The maximum absolute atomic E-state index is 11.9. The smallest absolute Gasteiger partial charge is 0.291 e. The van der Waals surface area contributed by atoms with E-state index in [0.29, 0.717) is 17.2 Å². The van der Waals surface area contributed by atoms with Crippen LogP contribution < -0.4 is 10.1 Å². The molecule has 0 aliphatic carbocycles. The topological polar surface area (TPSA) is 77.5 Å². The first-order chi connectivity index (χ1) is 10.7. The van der Waals surface area contributed by atoms with Gasteiger partial charge in [-0.15, -0.1) is 0 Å². The molecule has 0 saturated carbocycles. The number of ether oxygens (including phenoxy) is 1. The Balaban J connectivity index is 1.63. The van der Waals surface area contributed by atoms with Crippen LogP contribution in [0.3, 0.4) is 0 Å². The van der Waals surface area contributed by atoms with Crippen LogP contribution in [0.4, 0.5) is 5.69 Å². The molecule has 0 aliphatic rings. The largest absolute Gasteiger partial charge is 0.485 e. The summed E-state index contributed by atoms with van der Waals surface area (Å²) in [7, 11) is 0. The first-order valence-electron chi connectivity index (χ1n) is 6.70. The first-order valence-corrected chi connectivity index (χ1v) is 6.70. The summed E-state index contributed by atoms with van der Waals surface area (Å²) in [5, 5.41) is 6.53. The Bertz CT molecular complexity index is 762. The standard InChI is InChI=1S/C16H14N2O4/c1-11-8-14(22-18-11)10-21-13-5-2-4-12(9-13)17-16(19)15-6-3-7-20-15/h2-9H,10H2,1H3,(H,17,19). The number of nitrogens with one attached hydrogen (secondary N) is 1. The maximum atomic E-state index is 11.9. The van der Waals surface area contributed by atoms with Crippen LogP contribution in [-0.2, 0) is 6.61 Å². The molecule has 112 valence electrons. The zero-order valence-electron chi connectivity index (χ0n) is 11.9. The van der Waals surface area contributed by atoms with Crippen LogP contribution >= 0.6 is 0 Å². The summed E-state index contributed by atoms with van der Waals surface area (Å²) in [6.07, 6.45) is 1.45. The number of hydrogen-bond acceptors (Lipinski definition) is 5. The van der Waals surface area contributed by atoms with E-state index in [1.54, 1.807) is 36.4 Å². The molecule has 22 heavy (non-hydrogen) atoms. The molecule has 6 nitrogen and oxygen atoms in total. The second-order valence-corrected chi connectivity index (χ2v) is 4.68. The van der Waals surface area contributed by atoms with Gasteiger partial charge >= 0.3 is 0 Å². The molecule has 1 aromatic carbocycles. The lowest BCUT2D eigenvalue weighted by Gasteiger charge is -2.07. The van der Waals surface area contributed by atoms with E-state index in [4.69, 9.17) is 13.7 Å². The average Bonchev–Trinajstić information content (AvgIpc) is 3.17. The highest BCUT2D eigenvalue weighted by Gasteiger charge is 2.09. The molecule has 3 aromatic rings. The van der Waals surface area contributed by atoms with Gasteiger partial charge in [0.05, 0.1) is 12.0 Å². The third kappa shape index (κ3) is 3.35. The molecular weight excluding hydrogens is 284 g/mol. The molecule has 0 fully saturated rings. The molecular formula is C16H14N2O4. The number of amides is 1. The van der Waals surface area contributed by atoms with Crippen molar-refractivity contribution in [2.24, 2.45) is 0 Å². The van der Waals surface area contributed by atoms with Gasteiger partial charge in [-0.1, -0.05) is 11.2 Å². The van der Waals surface area contributed by atoms with Gasteiger partial charge in [-0.25, -0.2) is 0 Å². The summed E-state index contributed by atoms with van der Waals surface area (Å²) in [5.74, 6) is 1.20. The molecule has 0 spiro atoms. The monoisotopic (exact) mass is 298 g/mol. The molecule has 2 aromatic heterocycles. The van der Waals surface area contributed by atoms with E-state index < -0.39 is 0 Å². The Hall–Kier alpha value is -3.02. The molecule has 3 rings (SSSR count). The highest BCUT2D eigenvalue weighted by molar-refractivity contribution is 6.02. The van der Waals surface area contributed by atoms with Gasteiger partial charge in [0.2, 0.25) is 0 Å². The summed E-state index contributed by atoms with van der Waals surface area (Å²) in [4.78, 5) is 11.9. The SMILES string of the molecule is Cc1cc(COc2cccc(NC(=O)c3ccco3)c2)on1. The van der Waals surface area contributed by atoms with Gasteiger partial charge in [0.25, 0.3) is 5.91 Å². The lowest BCUT2D eigenvalue weighted by atomic mass is 10.3. The highest BCUT2D eigenvalue weighted by Crippen LogP contribution is 2.19. The fourth-order valence-corrected chi connectivity index (χ4v) is 1.90. The summed E-state index contributed by atoms with van der Waals surface area (Å²) in [5.41, 5.74) is 1.42. The van der Waals surface area contributed by atoms with Crippen molar-refractivity contribution >= 4 is 11.6 Å². The van der Waals surface area contributed by atoms with Crippen molar-refractivity contribution < 1.29 is 18.5 Å². The van der Waals surface area contributed by atoms with E-state index >= 15 is 0 Å². The number of rotatable bonds is 5. The number of nitrogens with zero attached hydrogens (tertiary/aromatic N) is 1. The molecule has 0 unspecified atom stereocenters. The van der Waals surface area contributed by atoms with Gasteiger partial charge in [-0.05, 0) is 31.2 Å². The highest BCUT2D eigenvalue weighted by atomic mass is 16.5. The third-order valence-electron chi connectivity index (χ3n) is 2.89. The van der Waals surface area contributed by atoms with Crippen molar-refractivity contribution in [3.63, 3.8) is 0 Å². The van der Waals surface area contributed by atoms with Crippen LogP contribution in [0.15, 0.2) is 57.7 Å². The van der Waals surface area contributed by atoms with E-state index in [-0.39, 0.29) is 18.3 Å². The van der Waals surface area contributed by atoms with Gasteiger partial charge in [0, 0.05) is 17.8 Å². The second kappa shape index (κ2) is 6.17. The minimum absolute atomic E-state index is 0.253. The number of carbonyl (C=O) groups excluding carboxylic acids is 1. The Labute approximate surface area is 126 Å². The second-order valence-electron chi connectivity index (χ2n) is 4.68. The van der Waals surface area contributed by atoms with Crippen LogP contribution in [0.2, 0.25) is 0 Å². The minimum Gasteiger partial charge on any atom is -0.485 e. The molecule has 1 amide bonds. The summed E-state index contributed by atoms with van der Waals surface area (Å²) < 4.78 is 15.7. The Morgan fingerprint density at radius 1 is 1.27 bits per heavy atom. The van der Waals surface area contributed by atoms with Crippen molar-refractivity contribution in [1.82, 2.24) is 5.16 Å². The number of aromatic nitrogens is 1. The number of benzene rings is 1. The van der Waals surface area contributed by atoms with Crippen molar-refractivity contribution in [3.05, 3.63) is 65.9 Å². The zero-order valence-corrected chi connectivity index (χ0v) is 11.9. The Morgan fingerprint density at radius 2 is 2.18 bits per heavy atom. The van der Waals surface area contributed by atoms with Crippen molar-refractivity contribution in [1.29, 1.82) is 0 Å². The van der Waals surface area contributed by atoms with Crippen LogP contribution in [-0.4, -0.2) is 11.1 Å². The van der Waals surface area contributed by atoms with Crippen LogP contribution in [0.1, 0.15) is 22.0 Å². The molecule has 0 aliphatic heterocycles. The Kier molecular flexibility index (Phi) is 3.91. The minimum atomic E-state index is -0.312. The molecule has 0 radical (unpaired) electrons. The van der Waals surface area contributed by atoms with Gasteiger partial charge in [0.1, 0.15) is 12.4 Å². The Morgan fingerprint density at radius 3 is 2.91 bits per heavy atom. The average molecular weight is 298 g/mol. The molecule has 0 saturated heterocycles. The van der Waals surface area contributed by atoms with Gasteiger partial charge < -0.3 is 19.0 Å². The number of hydrogen-bond donors (Lipinski definition) is 1. The normalized spacial score (nSPS) is 10.4. The maximum Gasteiger partial charge on any atom is 0.291 e. The van der Waals surface area contributed by atoms with Crippen molar-refractivity contribution in [3.8, 4) is 5.75 Å². The van der Waals surface area contributed by atoms with Crippen LogP contribution in [0, 0.1) is 6.92 Å². The fourth-order valence-electron chi connectivity index (χ4n) is 1.90. The quantitative estimate of drug-likeness (QED) is 0.781. The van der Waals surface area contributed by atoms with E-state index in [0.717, 1.165) is 5.69 Å². The van der Waals surface area contributed by atoms with Crippen molar-refractivity contribution in [2.45, 2.75) is 13.5 Å². The van der Waals surface area contributed by atoms with Crippen LogP contribution in [0.25, 0.3) is 0 Å². The van der Waals surface area contributed by atoms with E-state index in [1.165, 1.54) is 6.26 Å². The van der Waals surface area contributed by atoms with Crippen molar-refractivity contribution in [2.75, 3.05) is 5.32 Å². The summed E-state index contributed by atoms with van der Waals surface area (Å²) in [6, 6.07) is 12.2. The molecule has 6 heteroatoms. The molecule has 2 heterocycles. The third-order valence-corrected chi connectivity index (χ3v) is 2.89. The van der Waals surface area contributed by atoms with E-state index in [1.807, 2.05) is 13.0 Å². The van der Waals surface area contributed by atoms with Crippen LogP contribution in [0.5, 0.6) is 5.75 Å². The summed E-state index contributed by atoms with van der Waals surface area (Å²) >= 11 is 0. The predicted molar refractivity (Wildman–Crippen MR) is 78.7 cm³/mol. The number of aryl methyl sites for hydroxylation is 1.